The second-order valence-electron chi connectivity index (χ2n) is 4.92. The fraction of sp³-hybridized carbons (Fsp3) is 0.500. The first-order valence-corrected chi connectivity index (χ1v) is 6.64. The van der Waals surface area contributed by atoms with Crippen LogP contribution < -0.4 is 14.8 Å². The Morgan fingerprint density at radius 1 is 1.42 bits per heavy atom. The smallest absolute Gasteiger partial charge is 0.257 e. The predicted molar refractivity (Wildman–Crippen MR) is 70.6 cm³/mol. The lowest BCUT2D eigenvalue weighted by Crippen LogP contribution is -2.47. The van der Waals surface area contributed by atoms with Crippen LogP contribution in [0.5, 0.6) is 11.5 Å². The normalized spacial score (nSPS) is 21.5. The van der Waals surface area contributed by atoms with Crippen LogP contribution in [0.2, 0.25) is 0 Å². The Labute approximate surface area is 112 Å². The average molecular weight is 262 g/mol. The summed E-state index contributed by atoms with van der Waals surface area (Å²) in [6.45, 7) is 1.75. The highest BCUT2D eigenvalue weighted by Crippen LogP contribution is 2.36. The van der Waals surface area contributed by atoms with Crippen molar-refractivity contribution >= 4 is 5.91 Å². The third kappa shape index (κ3) is 2.26. The number of para-hydroxylation sites is 1. The van der Waals surface area contributed by atoms with E-state index in [1.807, 2.05) is 24.1 Å². The summed E-state index contributed by atoms with van der Waals surface area (Å²) < 4.78 is 10.7. The van der Waals surface area contributed by atoms with Crippen molar-refractivity contribution in [2.75, 3.05) is 26.9 Å². The number of benzene rings is 1. The van der Waals surface area contributed by atoms with Crippen molar-refractivity contribution in [3.8, 4) is 11.5 Å². The molecule has 19 heavy (non-hydrogen) atoms. The number of carbonyl (C=O) groups is 1. The third-order valence-electron chi connectivity index (χ3n) is 3.74. The molecule has 0 spiro atoms. The highest BCUT2D eigenvalue weighted by Gasteiger charge is 2.28. The van der Waals surface area contributed by atoms with Gasteiger partial charge in [-0.25, -0.2) is 0 Å². The van der Waals surface area contributed by atoms with Gasteiger partial charge in [0, 0.05) is 19.1 Å². The Bertz CT molecular complexity index is 490. The van der Waals surface area contributed by atoms with Gasteiger partial charge in [-0.15, -0.1) is 0 Å². The largest absolute Gasteiger partial charge is 0.454 e. The second kappa shape index (κ2) is 5.09. The van der Waals surface area contributed by atoms with Crippen LogP contribution in [0, 0.1) is 0 Å². The van der Waals surface area contributed by atoms with Gasteiger partial charge in [-0.2, -0.15) is 0 Å². The summed E-state index contributed by atoms with van der Waals surface area (Å²) in [6.07, 6.45) is 2.15. The summed E-state index contributed by atoms with van der Waals surface area (Å²) in [5.41, 5.74) is 0.603. The van der Waals surface area contributed by atoms with Gasteiger partial charge in [-0.05, 0) is 32.0 Å². The lowest BCUT2D eigenvalue weighted by molar-refractivity contribution is 0.0693. The van der Waals surface area contributed by atoms with Crippen molar-refractivity contribution in [2.45, 2.75) is 18.9 Å². The molecule has 0 unspecified atom stereocenters. The van der Waals surface area contributed by atoms with E-state index in [1.54, 1.807) is 6.07 Å². The van der Waals surface area contributed by atoms with Gasteiger partial charge in [-0.3, -0.25) is 4.79 Å². The van der Waals surface area contributed by atoms with Crippen LogP contribution in [-0.4, -0.2) is 43.8 Å². The van der Waals surface area contributed by atoms with Gasteiger partial charge < -0.3 is 19.7 Å². The van der Waals surface area contributed by atoms with Crippen molar-refractivity contribution in [3.05, 3.63) is 23.8 Å². The highest BCUT2D eigenvalue weighted by molar-refractivity contribution is 5.98. The molecule has 2 aliphatic heterocycles. The SMILES string of the molecule is CN[C@@H]1CCCN(C(=O)c2cccc3c2OCO3)C1. The number of likely N-dealkylation sites (tertiary alicyclic amines) is 1. The molecular weight excluding hydrogens is 244 g/mol. The highest BCUT2D eigenvalue weighted by atomic mass is 16.7. The summed E-state index contributed by atoms with van der Waals surface area (Å²) in [4.78, 5) is 14.5. The fourth-order valence-electron chi connectivity index (χ4n) is 2.67. The molecule has 1 N–H and O–H groups in total. The number of nitrogens with one attached hydrogen (secondary N) is 1. The summed E-state index contributed by atoms with van der Waals surface area (Å²) in [6, 6.07) is 5.84. The van der Waals surface area contributed by atoms with Crippen molar-refractivity contribution in [3.63, 3.8) is 0 Å². The molecule has 1 amide bonds. The van der Waals surface area contributed by atoms with Crippen molar-refractivity contribution < 1.29 is 14.3 Å². The number of fused-ring (bicyclic) bond motifs is 1. The monoisotopic (exact) mass is 262 g/mol. The lowest BCUT2D eigenvalue weighted by atomic mass is 10.0. The second-order valence-corrected chi connectivity index (χ2v) is 4.92. The zero-order valence-electron chi connectivity index (χ0n) is 11.0. The molecule has 1 aromatic carbocycles. The average Bonchev–Trinajstić information content (AvgIpc) is 2.95. The van der Waals surface area contributed by atoms with Crippen LogP contribution in [0.25, 0.3) is 0 Å². The zero-order chi connectivity index (χ0) is 13.2. The maximum absolute atomic E-state index is 12.6. The van der Waals surface area contributed by atoms with E-state index in [9.17, 15) is 4.79 Å². The van der Waals surface area contributed by atoms with Gasteiger partial charge in [0.2, 0.25) is 6.79 Å². The van der Waals surface area contributed by atoms with E-state index in [-0.39, 0.29) is 12.7 Å². The van der Waals surface area contributed by atoms with Crippen LogP contribution in [0.4, 0.5) is 0 Å². The zero-order valence-corrected chi connectivity index (χ0v) is 11.0. The van der Waals surface area contributed by atoms with Crippen LogP contribution in [0.1, 0.15) is 23.2 Å². The summed E-state index contributed by atoms with van der Waals surface area (Å²) in [5.74, 6) is 1.27. The van der Waals surface area contributed by atoms with Crippen molar-refractivity contribution in [1.29, 1.82) is 0 Å². The van der Waals surface area contributed by atoms with Gasteiger partial charge >= 0.3 is 0 Å². The van der Waals surface area contributed by atoms with Gasteiger partial charge in [0.1, 0.15) is 0 Å². The molecule has 102 valence electrons. The van der Waals surface area contributed by atoms with E-state index < -0.39 is 0 Å². The number of piperidine rings is 1. The van der Waals surface area contributed by atoms with Crippen molar-refractivity contribution in [1.82, 2.24) is 10.2 Å². The first-order valence-electron chi connectivity index (χ1n) is 6.64. The van der Waals surface area contributed by atoms with E-state index in [2.05, 4.69) is 5.32 Å². The van der Waals surface area contributed by atoms with Crippen LogP contribution in [0.15, 0.2) is 18.2 Å². The minimum absolute atomic E-state index is 0.0299. The molecule has 0 aliphatic carbocycles. The molecule has 0 bridgehead atoms. The molecule has 0 saturated carbocycles. The number of rotatable bonds is 2. The molecule has 3 rings (SSSR count). The maximum Gasteiger partial charge on any atom is 0.257 e. The number of amides is 1. The molecule has 1 saturated heterocycles. The Hall–Kier alpha value is -1.75. The van der Waals surface area contributed by atoms with Gasteiger partial charge in [0.05, 0.1) is 5.56 Å². The first-order chi connectivity index (χ1) is 9.29. The molecule has 1 fully saturated rings. The van der Waals surface area contributed by atoms with Crippen LogP contribution in [0.3, 0.4) is 0 Å². The number of hydrogen-bond donors (Lipinski definition) is 1. The Morgan fingerprint density at radius 3 is 3.16 bits per heavy atom. The summed E-state index contributed by atoms with van der Waals surface area (Å²) >= 11 is 0. The Balaban J connectivity index is 1.82. The molecule has 1 atom stereocenters. The van der Waals surface area contributed by atoms with E-state index in [1.165, 1.54) is 0 Å². The minimum Gasteiger partial charge on any atom is -0.454 e. The van der Waals surface area contributed by atoms with Gasteiger partial charge in [0.25, 0.3) is 5.91 Å². The van der Waals surface area contributed by atoms with E-state index in [0.29, 0.717) is 23.1 Å². The molecule has 5 heteroatoms. The molecule has 5 nitrogen and oxygen atoms in total. The standard InChI is InChI=1S/C14H18N2O3/c1-15-10-4-3-7-16(8-10)14(17)11-5-2-6-12-13(11)19-9-18-12/h2,5-6,10,15H,3-4,7-9H2,1H3/t10-/m1/s1. The Morgan fingerprint density at radius 2 is 2.32 bits per heavy atom. The summed E-state index contributed by atoms with van der Waals surface area (Å²) in [5, 5.41) is 3.24. The van der Waals surface area contributed by atoms with E-state index >= 15 is 0 Å². The molecule has 0 aromatic heterocycles. The number of hydrogen-bond acceptors (Lipinski definition) is 4. The molecule has 2 aliphatic rings. The first kappa shape index (κ1) is 12.3. The van der Waals surface area contributed by atoms with Crippen molar-refractivity contribution in [2.24, 2.45) is 0 Å². The fourth-order valence-corrected chi connectivity index (χ4v) is 2.67. The van der Waals surface area contributed by atoms with Crippen LogP contribution >= 0.6 is 0 Å². The number of nitrogens with zero attached hydrogens (tertiary/aromatic N) is 1. The molecule has 1 aromatic rings. The molecule has 2 heterocycles. The molecule has 0 radical (unpaired) electrons. The topological polar surface area (TPSA) is 50.8 Å². The number of carbonyl (C=O) groups excluding carboxylic acids is 1. The quantitative estimate of drug-likeness (QED) is 0.871. The van der Waals surface area contributed by atoms with E-state index in [4.69, 9.17) is 9.47 Å². The lowest BCUT2D eigenvalue weighted by Gasteiger charge is -2.32. The Kier molecular flexibility index (Phi) is 3.29. The van der Waals surface area contributed by atoms with E-state index in [0.717, 1.165) is 25.9 Å². The number of ether oxygens (including phenoxy) is 2. The summed E-state index contributed by atoms with van der Waals surface area (Å²) in [7, 11) is 1.94. The molecular formula is C14H18N2O3. The predicted octanol–water partition coefficient (Wildman–Crippen LogP) is 1.24. The third-order valence-corrected chi connectivity index (χ3v) is 3.74. The maximum atomic E-state index is 12.6. The minimum atomic E-state index is 0.0299. The van der Waals surface area contributed by atoms with Crippen LogP contribution in [-0.2, 0) is 0 Å². The van der Waals surface area contributed by atoms with Gasteiger partial charge in [0.15, 0.2) is 11.5 Å². The van der Waals surface area contributed by atoms with Gasteiger partial charge in [-0.1, -0.05) is 6.07 Å². The number of likely N-dealkylation sites (N-methyl/N-ethyl adjacent to an activating group) is 1.